The molecule has 0 saturated carbocycles. The summed E-state index contributed by atoms with van der Waals surface area (Å²) in [6.45, 7) is 1.51. The number of nitrogens with one attached hydrogen (secondary N) is 3. The molecule has 1 aromatic rings. The second-order valence-corrected chi connectivity index (χ2v) is 7.75. The third kappa shape index (κ3) is 6.42. The average Bonchev–Trinajstić information content (AvgIpc) is 3.41. The molecule has 0 aliphatic carbocycles. The van der Waals surface area contributed by atoms with E-state index in [4.69, 9.17) is 5.73 Å². The number of hydrogen-bond acceptors (Lipinski definition) is 8. The fourth-order valence-corrected chi connectivity index (χ4v) is 3.49. The van der Waals surface area contributed by atoms with E-state index in [1.165, 1.54) is 24.3 Å². The summed E-state index contributed by atoms with van der Waals surface area (Å²) < 4.78 is 0. The van der Waals surface area contributed by atoms with E-state index in [1.807, 2.05) is 0 Å². The van der Waals surface area contributed by atoms with Crippen LogP contribution in [-0.2, 0) is 25.6 Å². The van der Waals surface area contributed by atoms with Crippen LogP contribution in [0.3, 0.4) is 0 Å². The van der Waals surface area contributed by atoms with Crippen molar-refractivity contribution in [2.45, 2.75) is 56.5 Å². The van der Waals surface area contributed by atoms with Crippen molar-refractivity contribution in [3.63, 3.8) is 0 Å². The van der Waals surface area contributed by atoms with Gasteiger partial charge in [0.25, 0.3) is 0 Å². The molecule has 7 N–H and O–H groups in total. The molecule has 31 heavy (non-hydrogen) atoms. The Hall–Kier alpha value is -2.64. The van der Waals surface area contributed by atoms with Gasteiger partial charge in [-0.05, 0) is 19.8 Å². The van der Waals surface area contributed by atoms with Crippen molar-refractivity contribution in [2.24, 2.45) is 5.73 Å². The van der Waals surface area contributed by atoms with Crippen LogP contribution in [0.25, 0.3) is 0 Å². The highest BCUT2D eigenvalue weighted by molar-refractivity contribution is 7.80. The molecule has 2 rings (SSSR count). The molecule has 5 atom stereocenters. The number of thiol groups is 1. The number of aliphatic hydroxyl groups excluding tert-OH is 1. The van der Waals surface area contributed by atoms with E-state index in [0.717, 1.165) is 0 Å². The lowest BCUT2D eigenvalue weighted by molar-refractivity contribution is -0.147. The predicted octanol–water partition coefficient (Wildman–Crippen LogP) is -2.36. The first-order chi connectivity index (χ1) is 14.6. The molecule has 1 fully saturated rings. The van der Waals surface area contributed by atoms with Gasteiger partial charge in [-0.3, -0.25) is 14.4 Å². The maximum Gasteiger partial charge on any atom is 0.328 e. The minimum absolute atomic E-state index is 0.0848. The van der Waals surface area contributed by atoms with Crippen LogP contribution in [0.2, 0.25) is 0 Å². The van der Waals surface area contributed by atoms with Crippen molar-refractivity contribution < 1.29 is 29.4 Å². The summed E-state index contributed by atoms with van der Waals surface area (Å²) in [5.41, 5.74) is 6.30. The molecular formula is C18H28N6O6S. The summed E-state index contributed by atoms with van der Waals surface area (Å²) >= 11 is 3.99. The Bertz CT molecular complexity index is 789. The Morgan fingerprint density at radius 1 is 1.39 bits per heavy atom. The first-order valence-electron chi connectivity index (χ1n) is 9.81. The quantitative estimate of drug-likeness (QED) is 0.190. The molecule has 13 heteroatoms. The molecule has 1 saturated heterocycles. The van der Waals surface area contributed by atoms with E-state index < -0.39 is 54.0 Å². The zero-order chi connectivity index (χ0) is 23.1. The summed E-state index contributed by atoms with van der Waals surface area (Å²) in [7, 11) is 0. The Kier molecular flexibility index (Phi) is 8.83. The smallest absolute Gasteiger partial charge is 0.328 e. The summed E-state index contributed by atoms with van der Waals surface area (Å²) in [6.07, 6.45) is 2.58. The van der Waals surface area contributed by atoms with Crippen molar-refractivity contribution in [1.82, 2.24) is 25.5 Å². The molecule has 1 aromatic heterocycles. The number of carboxylic acids is 1. The van der Waals surface area contributed by atoms with Gasteiger partial charge in [0.15, 0.2) is 6.04 Å². The van der Waals surface area contributed by atoms with Crippen molar-refractivity contribution in [3.05, 3.63) is 18.2 Å². The molecule has 172 valence electrons. The fourth-order valence-electron chi connectivity index (χ4n) is 3.32. The van der Waals surface area contributed by atoms with Crippen LogP contribution < -0.4 is 16.4 Å². The summed E-state index contributed by atoms with van der Waals surface area (Å²) in [6, 6.07) is -4.36. The highest BCUT2D eigenvalue weighted by Gasteiger charge is 2.39. The highest BCUT2D eigenvalue weighted by atomic mass is 32.1. The third-order valence-electron chi connectivity index (χ3n) is 5.01. The minimum Gasteiger partial charge on any atom is -0.480 e. The number of carbonyl (C=O) groups is 4. The Balaban J connectivity index is 2.18. The molecule has 0 bridgehead atoms. The number of H-pyrrole nitrogens is 1. The minimum atomic E-state index is -1.50. The summed E-state index contributed by atoms with van der Waals surface area (Å²) in [5.74, 6) is -3.05. The number of nitrogens with two attached hydrogens (primary N) is 1. The van der Waals surface area contributed by atoms with E-state index in [2.05, 4.69) is 33.2 Å². The van der Waals surface area contributed by atoms with Crippen LogP contribution in [0.5, 0.6) is 0 Å². The zero-order valence-corrected chi connectivity index (χ0v) is 17.9. The molecule has 3 amide bonds. The summed E-state index contributed by atoms with van der Waals surface area (Å²) in [5, 5.41) is 23.7. The lowest BCUT2D eigenvalue weighted by Gasteiger charge is -2.30. The SMILES string of the molecule is CC(O)C(NC(=O)C1CCCN1C(=O)C(Cc1cnc[nH]1)NC(=O)C(N)CS)C(=O)O. The van der Waals surface area contributed by atoms with Crippen LogP contribution in [0.4, 0.5) is 0 Å². The van der Waals surface area contributed by atoms with Crippen molar-refractivity contribution in [3.8, 4) is 0 Å². The maximum atomic E-state index is 13.3. The number of aliphatic hydroxyl groups is 1. The topological polar surface area (TPSA) is 191 Å². The van der Waals surface area contributed by atoms with Gasteiger partial charge in [-0.15, -0.1) is 0 Å². The number of rotatable bonds is 10. The van der Waals surface area contributed by atoms with E-state index in [0.29, 0.717) is 18.5 Å². The van der Waals surface area contributed by atoms with Gasteiger partial charge in [0.1, 0.15) is 12.1 Å². The number of amides is 3. The maximum absolute atomic E-state index is 13.3. The lowest BCUT2D eigenvalue weighted by atomic mass is 10.1. The van der Waals surface area contributed by atoms with Gasteiger partial charge in [-0.25, -0.2) is 9.78 Å². The van der Waals surface area contributed by atoms with Gasteiger partial charge in [0.05, 0.1) is 18.5 Å². The van der Waals surface area contributed by atoms with Crippen LogP contribution in [-0.4, -0.2) is 91.3 Å². The van der Waals surface area contributed by atoms with Crippen LogP contribution in [0.15, 0.2) is 12.5 Å². The number of likely N-dealkylation sites (tertiary alicyclic amines) is 1. The van der Waals surface area contributed by atoms with Gasteiger partial charge in [-0.1, -0.05) is 0 Å². The predicted molar refractivity (Wildman–Crippen MR) is 112 cm³/mol. The van der Waals surface area contributed by atoms with Crippen LogP contribution >= 0.6 is 12.6 Å². The fraction of sp³-hybridized carbons (Fsp3) is 0.611. The first-order valence-corrected chi connectivity index (χ1v) is 10.4. The molecule has 2 heterocycles. The van der Waals surface area contributed by atoms with E-state index in [1.54, 1.807) is 0 Å². The van der Waals surface area contributed by atoms with Crippen molar-refractivity contribution in [1.29, 1.82) is 0 Å². The average molecular weight is 457 g/mol. The molecule has 0 spiro atoms. The van der Waals surface area contributed by atoms with Crippen molar-refractivity contribution in [2.75, 3.05) is 12.3 Å². The standard InChI is InChI=1S/C18H28N6O6S/c1-9(25)14(18(29)30)23-16(27)13-3-2-4-24(13)17(28)12(5-10-6-20-8-21-10)22-15(26)11(19)7-31/h6,8-9,11-14,25,31H,2-5,7,19H2,1H3,(H,20,21)(H,22,26)(H,23,27)(H,29,30). The number of carbonyl (C=O) groups excluding carboxylic acids is 3. The zero-order valence-electron chi connectivity index (χ0n) is 17.0. The highest BCUT2D eigenvalue weighted by Crippen LogP contribution is 2.20. The number of aromatic amines is 1. The molecule has 0 aromatic carbocycles. The van der Waals surface area contributed by atoms with Gasteiger partial charge in [0.2, 0.25) is 17.7 Å². The molecule has 12 nitrogen and oxygen atoms in total. The molecule has 1 aliphatic heterocycles. The van der Waals surface area contributed by atoms with Gasteiger partial charge in [0, 0.05) is 30.6 Å². The largest absolute Gasteiger partial charge is 0.480 e. The number of nitrogens with zero attached hydrogens (tertiary/aromatic N) is 2. The molecular weight excluding hydrogens is 428 g/mol. The van der Waals surface area contributed by atoms with E-state index in [9.17, 15) is 29.4 Å². The van der Waals surface area contributed by atoms with Gasteiger partial charge in [-0.2, -0.15) is 12.6 Å². The third-order valence-corrected chi connectivity index (χ3v) is 5.41. The first kappa shape index (κ1) is 24.6. The van der Waals surface area contributed by atoms with Gasteiger partial charge >= 0.3 is 5.97 Å². The second kappa shape index (κ2) is 11.1. The van der Waals surface area contributed by atoms with Crippen LogP contribution in [0, 0.1) is 0 Å². The number of imidazole rings is 1. The number of carboxylic acid groups (broad SMARTS) is 1. The van der Waals surface area contributed by atoms with E-state index in [-0.39, 0.29) is 18.7 Å². The lowest BCUT2D eigenvalue weighted by Crippen LogP contribution is -2.58. The van der Waals surface area contributed by atoms with Crippen molar-refractivity contribution >= 4 is 36.3 Å². The summed E-state index contributed by atoms with van der Waals surface area (Å²) in [4.78, 5) is 57.6. The number of hydrogen-bond donors (Lipinski definition) is 7. The van der Waals surface area contributed by atoms with Gasteiger partial charge < -0.3 is 36.5 Å². The van der Waals surface area contributed by atoms with Crippen LogP contribution in [0.1, 0.15) is 25.5 Å². The number of aromatic nitrogens is 2. The van der Waals surface area contributed by atoms with E-state index >= 15 is 0 Å². The molecule has 5 unspecified atom stereocenters. The Morgan fingerprint density at radius 3 is 2.65 bits per heavy atom. The Labute approximate surface area is 184 Å². The molecule has 1 aliphatic rings. The molecule has 0 radical (unpaired) electrons. The Morgan fingerprint density at radius 2 is 2.10 bits per heavy atom. The normalized spacial score (nSPS) is 19.9. The number of aliphatic carboxylic acids is 1. The monoisotopic (exact) mass is 456 g/mol. The second-order valence-electron chi connectivity index (χ2n) is 7.39.